The molecular formula is C19H25NO. The van der Waals surface area contributed by atoms with Crippen molar-refractivity contribution in [3.8, 4) is 5.75 Å². The third-order valence-electron chi connectivity index (χ3n) is 3.53. The molecule has 0 bridgehead atoms. The van der Waals surface area contributed by atoms with Gasteiger partial charge in [-0.3, -0.25) is 0 Å². The Balaban J connectivity index is 1.52. The Morgan fingerprint density at radius 1 is 0.952 bits per heavy atom. The Kier molecular flexibility index (Phi) is 6.82. The van der Waals surface area contributed by atoms with Gasteiger partial charge in [-0.25, -0.2) is 0 Å². The highest BCUT2D eigenvalue weighted by atomic mass is 16.5. The number of hydrogen-bond acceptors (Lipinski definition) is 2. The largest absolute Gasteiger partial charge is 0.494 e. The summed E-state index contributed by atoms with van der Waals surface area (Å²) in [6, 6.07) is 21.2. The molecule has 2 nitrogen and oxygen atoms in total. The summed E-state index contributed by atoms with van der Waals surface area (Å²) < 4.78 is 5.68. The van der Waals surface area contributed by atoms with Crippen molar-refractivity contribution in [3.63, 3.8) is 0 Å². The van der Waals surface area contributed by atoms with Crippen molar-refractivity contribution in [1.29, 1.82) is 0 Å². The van der Waals surface area contributed by atoms with Crippen LogP contribution in [0.1, 0.15) is 25.3 Å². The van der Waals surface area contributed by atoms with Crippen molar-refractivity contribution in [2.45, 2.75) is 32.2 Å². The van der Waals surface area contributed by atoms with E-state index < -0.39 is 0 Å². The van der Waals surface area contributed by atoms with Crippen LogP contribution in [0.3, 0.4) is 0 Å². The van der Waals surface area contributed by atoms with E-state index in [0.717, 1.165) is 31.7 Å². The molecule has 0 amide bonds. The molecule has 2 aromatic rings. The summed E-state index contributed by atoms with van der Waals surface area (Å²) in [4.78, 5) is 0. The first-order chi connectivity index (χ1) is 10.3. The minimum absolute atomic E-state index is 0.543. The van der Waals surface area contributed by atoms with Crippen molar-refractivity contribution < 1.29 is 4.74 Å². The van der Waals surface area contributed by atoms with Gasteiger partial charge >= 0.3 is 0 Å². The lowest BCUT2D eigenvalue weighted by Crippen LogP contribution is -2.28. The van der Waals surface area contributed by atoms with Crippen LogP contribution in [0.5, 0.6) is 5.75 Å². The Morgan fingerprint density at radius 3 is 2.33 bits per heavy atom. The highest BCUT2D eigenvalue weighted by Crippen LogP contribution is 2.08. The van der Waals surface area contributed by atoms with Gasteiger partial charge in [0.25, 0.3) is 0 Å². The van der Waals surface area contributed by atoms with Gasteiger partial charge in [-0.15, -0.1) is 0 Å². The molecule has 0 aliphatic carbocycles. The predicted octanol–water partition coefficient (Wildman–Crippen LogP) is 4.07. The second-order valence-corrected chi connectivity index (χ2v) is 5.39. The van der Waals surface area contributed by atoms with E-state index in [0.29, 0.717) is 6.04 Å². The minimum Gasteiger partial charge on any atom is -0.494 e. The second kappa shape index (κ2) is 9.19. The van der Waals surface area contributed by atoms with Gasteiger partial charge in [-0.05, 0) is 50.4 Å². The van der Waals surface area contributed by atoms with E-state index in [1.54, 1.807) is 0 Å². The lowest BCUT2D eigenvalue weighted by molar-refractivity contribution is 0.304. The maximum absolute atomic E-state index is 5.68. The zero-order valence-corrected chi connectivity index (χ0v) is 12.8. The van der Waals surface area contributed by atoms with Gasteiger partial charge in [-0.1, -0.05) is 48.5 Å². The SMILES string of the molecule is CC(CCc1ccccc1)NCCCOc1ccccc1. The fourth-order valence-electron chi connectivity index (χ4n) is 2.26. The molecule has 2 heteroatoms. The summed E-state index contributed by atoms with van der Waals surface area (Å²) in [5.74, 6) is 0.953. The maximum atomic E-state index is 5.68. The van der Waals surface area contributed by atoms with Gasteiger partial charge < -0.3 is 10.1 Å². The molecule has 0 fully saturated rings. The summed E-state index contributed by atoms with van der Waals surface area (Å²) in [6.07, 6.45) is 3.34. The van der Waals surface area contributed by atoms with Crippen LogP contribution in [-0.4, -0.2) is 19.2 Å². The molecule has 1 unspecified atom stereocenters. The summed E-state index contributed by atoms with van der Waals surface area (Å²) in [5, 5.41) is 3.56. The molecule has 0 saturated carbocycles. The van der Waals surface area contributed by atoms with Gasteiger partial charge in [0.05, 0.1) is 6.61 Å². The van der Waals surface area contributed by atoms with Crippen LogP contribution in [0.15, 0.2) is 60.7 Å². The minimum atomic E-state index is 0.543. The monoisotopic (exact) mass is 283 g/mol. The fourth-order valence-corrected chi connectivity index (χ4v) is 2.26. The number of ether oxygens (including phenoxy) is 1. The molecule has 0 spiro atoms. The molecule has 2 aromatic carbocycles. The number of rotatable bonds is 9. The van der Waals surface area contributed by atoms with Gasteiger partial charge in [0.2, 0.25) is 0 Å². The predicted molar refractivity (Wildman–Crippen MR) is 88.8 cm³/mol. The number of hydrogen-bond donors (Lipinski definition) is 1. The van der Waals surface area contributed by atoms with Crippen LogP contribution in [0, 0.1) is 0 Å². The average molecular weight is 283 g/mol. The summed E-state index contributed by atoms with van der Waals surface area (Å²) >= 11 is 0. The van der Waals surface area contributed by atoms with E-state index in [2.05, 4.69) is 42.6 Å². The molecule has 0 heterocycles. The van der Waals surface area contributed by atoms with Crippen molar-refractivity contribution in [3.05, 3.63) is 66.2 Å². The van der Waals surface area contributed by atoms with E-state index in [1.165, 1.54) is 12.0 Å². The van der Waals surface area contributed by atoms with Crippen molar-refractivity contribution >= 4 is 0 Å². The topological polar surface area (TPSA) is 21.3 Å². The Labute approximate surface area is 128 Å². The molecule has 2 rings (SSSR count). The van der Waals surface area contributed by atoms with E-state index >= 15 is 0 Å². The first kappa shape index (κ1) is 15.6. The molecule has 0 aliphatic heterocycles. The van der Waals surface area contributed by atoms with Gasteiger partial charge in [-0.2, -0.15) is 0 Å². The average Bonchev–Trinajstić information content (AvgIpc) is 2.54. The summed E-state index contributed by atoms with van der Waals surface area (Å²) in [6.45, 7) is 4.02. The zero-order valence-electron chi connectivity index (χ0n) is 12.8. The Bertz CT molecular complexity index is 483. The van der Waals surface area contributed by atoms with E-state index in [1.807, 2.05) is 30.3 Å². The zero-order chi connectivity index (χ0) is 14.8. The Morgan fingerprint density at radius 2 is 1.62 bits per heavy atom. The highest BCUT2D eigenvalue weighted by molar-refractivity contribution is 5.20. The second-order valence-electron chi connectivity index (χ2n) is 5.39. The van der Waals surface area contributed by atoms with E-state index in [-0.39, 0.29) is 0 Å². The van der Waals surface area contributed by atoms with Crippen molar-refractivity contribution in [2.75, 3.05) is 13.2 Å². The van der Waals surface area contributed by atoms with E-state index in [9.17, 15) is 0 Å². The molecule has 1 atom stereocenters. The summed E-state index contributed by atoms with van der Waals surface area (Å²) in [7, 11) is 0. The molecule has 0 saturated heterocycles. The van der Waals surface area contributed by atoms with Crippen LogP contribution in [0.2, 0.25) is 0 Å². The third kappa shape index (κ3) is 6.46. The summed E-state index contributed by atoms with van der Waals surface area (Å²) in [5.41, 5.74) is 1.42. The molecular weight excluding hydrogens is 258 g/mol. The first-order valence-electron chi connectivity index (χ1n) is 7.80. The molecule has 0 radical (unpaired) electrons. The third-order valence-corrected chi connectivity index (χ3v) is 3.53. The molecule has 0 aromatic heterocycles. The van der Waals surface area contributed by atoms with Crippen LogP contribution >= 0.6 is 0 Å². The smallest absolute Gasteiger partial charge is 0.119 e. The van der Waals surface area contributed by atoms with Crippen molar-refractivity contribution in [1.82, 2.24) is 5.32 Å². The quantitative estimate of drug-likeness (QED) is 0.701. The number of nitrogens with one attached hydrogen (secondary N) is 1. The van der Waals surface area contributed by atoms with Crippen LogP contribution in [0.25, 0.3) is 0 Å². The lowest BCUT2D eigenvalue weighted by Gasteiger charge is -2.14. The maximum Gasteiger partial charge on any atom is 0.119 e. The van der Waals surface area contributed by atoms with Gasteiger partial charge in [0.1, 0.15) is 5.75 Å². The number of benzene rings is 2. The molecule has 1 N–H and O–H groups in total. The first-order valence-corrected chi connectivity index (χ1v) is 7.80. The van der Waals surface area contributed by atoms with Crippen LogP contribution in [0.4, 0.5) is 0 Å². The fraction of sp³-hybridized carbons (Fsp3) is 0.368. The normalized spacial score (nSPS) is 12.0. The standard InChI is InChI=1S/C19H25NO/c1-17(13-14-18-9-4-2-5-10-18)20-15-8-16-21-19-11-6-3-7-12-19/h2-7,9-12,17,20H,8,13-16H2,1H3. The molecule has 21 heavy (non-hydrogen) atoms. The lowest BCUT2D eigenvalue weighted by atomic mass is 10.1. The molecule has 0 aliphatic rings. The molecule has 112 valence electrons. The van der Waals surface area contributed by atoms with Gasteiger partial charge in [0.15, 0.2) is 0 Å². The van der Waals surface area contributed by atoms with Crippen molar-refractivity contribution in [2.24, 2.45) is 0 Å². The Hall–Kier alpha value is -1.80. The van der Waals surface area contributed by atoms with Crippen LogP contribution < -0.4 is 10.1 Å². The van der Waals surface area contributed by atoms with E-state index in [4.69, 9.17) is 4.74 Å². The number of aryl methyl sites for hydroxylation is 1. The van der Waals surface area contributed by atoms with Gasteiger partial charge in [0, 0.05) is 6.04 Å². The number of para-hydroxylation sites is 1. The van der Waals surface area contributed by atoms with Crippen LogP contribution in [-0.2, 0) is 6.42 Å². The highest BCUT2D eigenvalue weighted by Gasteiger charge is 2.01.